The van der Waals surface area contributed by atoms with E-state index in [9.17, 15) is 18.0 Å². The molecule has 16 heavy (non-hydrogen) atoms. The first-order valence-electron chi connectivity index (χ1n) is 3.93. The molecule has 0 fully saturated rings. The summed E-state index contributed by atoms with van der Waals surface area (Å²) < 4.78 is 37.9. The second-order valence-electron chi connectivity index (χ2n) is 2.84. The third kappa shape index (κ3) is 2.78. The zero-order chi connectivity index (χ0) is 12.5. The number of benzene rings is 1. The van der Waals surface area contributed by atoms with E-state index in [2.05, 4.69) is 31.9 Å². The molecule has 0 aliphatic carbocycles. The minimum atomic E-state index is -4.63. The Kier molecular flexibility index (Phi) is 4.42. The van der Waals surface area contributed by atoms with E-state index in [1.54, 1.807) is 0 Å². The third-order valence-corrected chi connectivity index (χ3v) is 3.68. The fourth-order valence-corrected chi connectivity index (χ4v) is 2.16. The molecule has 7 heteroatoms. The van der Waals surface area contributed by atoms with Crippen LogP contribution in [0, 0.1) is 0 Å². The minimum absolute atomic E-state index is 0.0848. The standard InChI is InChI=1S/C9H4Br2ClF3O/c10-3-6(16)4-1-2-5(12)8(11)7(4)9(13,14)15/h1-2H,3H2. The molecule has 0 N–H and O–H groups in total. The molecule has 0 bridgehead atoms. The normalized spacial score (nSPS) is 11.6. The minimum Gasteiger partial charge on any atom is -0.293 e. The predicted octanol–water partition coefficient (Wildman–Crippen LogP) is 4.70. The first-order valence-corrected chi connectivity index (χ1v) is 6.22. The Bertz CT molecular complexity index is 431. The van der Waals surface area contributed by atoms with Gasteiger partial charge in [-0.25, -0.2) is 0 Å². The number of rotatable bonds is 2. The van der Waals surface area contributed by atoms with Crippen molar-refractivity contribution in [2.45, 2.75) is 6.18 Å². The van der Waals surface area contributed by atoms with Crippen LogP contribution < -0.4 is 0 Å². The highest BCUT2D eigenvalue weighted by Crippen LogP contribution is 2.40. The van der Waals surface area contributed by atoms with Crippen molar-refractivity contribution in [1.82, 2.24) is 0 Å². The van der Waals surface area contributed by atoms with Gasteiger partial charge in [-0.1, -0.05) is 27.5 Å². The highest BCUT2D eigenvalue weighted by atomic mass is 79.9. The molecule has 0 atom stereocenters. The summed E-state index contributed by atoms with van der Waals surface area (Å²) in [4.78, 5) is 11.3. The molecule has 88 valence electrons. The van der Waals surface area contributed by atoms with Gasteiger partial charge in [0.2, 0.25) is 0 Å². The SMILES string of the molecule is O=C(CBr)c1ccc(Cl)c(Br)c1C(F)(F)F. The van der Waals surface area contributed by atoms with Gasteiger partial charge in [0.1, 0.15) is 0 Å². The van der Waals surface area contributed by atoms with Crippen LogP contribution in [-0.4, -0.2) is 11.1 Å². The van der Waals surface area contributed by atoms with Crippen LogP contribution in [0.5, 0.6) is 0 Å². The molecule has 0 saturated heterocycles. The van der Waals surface area contributed by atoms with Crippen LogP contribution in [0.4, 0.5) is 13.2 Å². The zero-order valence-electron chi connectivity index (χ0n) is 7.54. The average Bonchev–Trinajstić information content (AvgIpc) is 2.18. The molecule has 0 saturated carbocycles. The summed E-state index contributed by atoms with van der Waals surface area (Å²) in [6, 6.07) is 2.32. The van der Waals surface area contributed by atoms with E-state index >= 15 is 0 Å². The molecular formula is C9H4Br2ClF3O. The van der Waals surface area contributed by atoms with E-state index < -0.39 is 23.1 Å². The number of alkyl halides is 4. The number of carbonyl (C=O) groups excluding carboxylic acids is 1. The second-order valence-corrected chi connectivity index (χ2v) is 4.60. The van der Waals surface area contributed by atoms with Crippen molar-refractivity contribution >= 4 is 49.2 Å². The van der Waals surface area contributed by atoms with Gasteiger partial charge in [-0.05, 0) is 28.1 Å². The fraction of sp³-hybridized carbons (Fsp3) is 0.222. The van der Waals surface area contributed by atoms with Gasteiger partial charge in [-0.2, -0.15) is 13.2 Å². The summed E-state index contributed by atoms with van der Waals surface area (Å²) in [6.07, 6.45) is -4.63. The van der Waals surface area contributed by atoms with Gasteiger partial charge in [0.25, 0.3) is 0 Å². The maximum atomic E-state index is 12.7. The fourth-order valence-electron chi connectivity index (χ4n) is 1.13. The van der Waals surface area contributed by atoms with Gasteiger partial charge in [0.05, 0.1) is 15.9 Å². The summed E-state index contributed by atoms with van der Waals surface area (Å²) in [5, 5.41) is -0.261. The molecule has 0 amide bonds. The van der Waals surface area contributed by atoms with Crippen molar-refractivity contribution in [1.29, 1.82) is 0 Å². The van der Waals surface area contributed by atoms with E-state index in [1.807, 2.05) is 0 Å². The lowest BCUT2D eigenvalue weighted by Crippen LogP contribution is -2.15. The van der Waals surface area contributed by atoms with Gasteiger partial charge in [0, 0.05) is 10.0 Å². The number of Topliss-reactive ketones (excluding diaryl/α,β-unsaturated/α-hetero) is 1. The van der Waals surface area contributed by atoms with Crippen LogP contribution in [-0.2, 0) is 6.18 Å². The van der Waals surface area contributed by atoms with Crippen molar-refractivity contribution in [3.63, 3.8) is 0 Å². The first kappa shape index (κ1) is 14.0. The Morgan fingerprint density at radius 1 is 1.38 bits per heavy atom. The molecule has 0 unspecified atom stereocenters. The lowest BCUT2D eigenvalue weighted by molar-refractivity contribution is -0.138. The van der Waals surface area contributed by atoms with Gasteiger partial charge in [-0.15, -0.1) is 0 Å². The van der Waals surface area contributed by atoms with Gasteiger partial charge < -0.3 is 0 Å². The zero-order valence-corrected chi connectivity index (χ0v) is 11.5. The molecule has 0 spiro atoms. The van der Waals surface area contributed by atoms with E-state index in [0.717, 1.165) is 6.07 Å². The molecule has 1 aromatic carbocycles. The van der Waals surface area contributed by atoms with Gasteiger partial charge in [-0.3, -0.25) is 4.79 Å². The molecule has 0 heterocycles. The molecule has 1 rings (SSSR count). The third-order valence-electron chi connectivity index (χ3n) is 1.80. The summed E-state index contributed by atoms with van der Waals surface area (Å²) in [6.45, 7) is 0. The van der Waals surface area contributed by atoms with Crippen LogP contribution in [0.25, 0.3) is 0 Å². The Balaban J connectivity index is 3.52. The van der Waals surface area contributed by atoms with Crippen molar-refractivity contribution in [3.8, 4) is 0 Å². The van der Waals surface area contributed by atoms with Crippen LogP contribution in [0.15, 0.2) is 16.6 Å². The summed E-state index contributed by atoms with van der Waals surface area (Å²) in [7, 11) is 0. The number of hydrogen-bond donors (Lipinski definition) is 0. The monoisotopic (exact) mass is 378 g/mol. The summed E-state index contributed by atoms with van der Waals surface area (Å²) in [5.41, 5.74) is -1.44. The quantitative estimate of drug-likeness (QED) is 0.537. The van der Waals surface area contributed by atoms with Crippen LogP contribution in [0.2, 0.25) is 5.02 Å². The van der Waals surface area contributed by atoms with Crippen molar-refractivity contribution in [2.75, 3.05) is 5.33 Å². The topological polar surface area (TPSA) is 17.1 Å². The smallest absolute Gasteiger partial charge is 0.293 e. The van der Waals surface area contributed by atoms with E-state index in [-0.39, 0.29) is 14.8 Å². The number of ketones is 1. The van der Waals surface area contributed by atoms with Crippen LogP contribution in [0.3, 0.4) is 0 Å². The molecule has 1 nitrogen and oxygen atoms in total. The van der Waals surface area contributed by atoms with E-state index in [1.165, 1.54) is 6.07 Å². The summed E-state index contributed by atoms with van der Waals surface area (Å²) in [5.74, 6) is -0.648. The highest BCUT2D eigenvalue weighted by Gasteiger charge is 2.38. The molecule has 0 aliphatic rings. The predicted molar refractivity (Wildman–Crippen MR) is 62.3 cm³/mol. The van der Waals surface area contributed by atoms with Gasteiger partial charge >= 0.3 is 6.18 Å². The molecule has 0 aromatic heterocycles. The Morgan fingerprint density at radius 3 is 2.38 bits per heavy atom. The van der Waals surface area contributed by atoms with Crippen LogP contribution >= 0.6 is 43.5 Å². The number of hydrogen-bond acceptors (Lipinski definition) is 1. The van der Waals surface area contributed by atoms with Crippen LogP contribution in [0.1, 0.15) is 15.9 Å². The van der Waals surface area contributed by atoms with Crippen molar-refractivity contribution in [2.24, 2.45) is 0 Å². The van der Waals surface area contributed by atoms with Crippen molar-refractivity contribution < 1.29 is 18.0 Å². The molecule has 0 radical (unpaired) electrons. The number of halogens is 6. The van der Waals surface area contributed by atoms with Gasteiger partial charge in [0.15, 0.2) is 5.78 Å². The Hall–Kier alpha value is -0.0700. The van der Waals surface area contributed by atoms with Crippen molar-refractivity contribution in [3.05, 3.63) is 32.8 Å². The lowest BCUT2D eigenvalue weighted by Gasteiger charge is -2.14. The molecule has 0 aliphatic heterocycles. The average molecular weight is 380 g/mol. The Morgan fingerprint density at radius 2 is 1.94 bits per heavy atom. The van der Waals surface area contributed by atoms with E-state index in [4.69, 9.17) is 11.6 Å². The highest BCUT2D eigenvalue weighted by molar-refractivity contribution is 9.10. The maximum absolute atomic E-state index is 12.7. The molecular weight excluding hydrogens is 376 g/mol. The maximum Gasteiger partial charge on any atom is 0.418 e. The number of carbonyl (C=O) groups is 1. The first-order chi connectivity index (χ1) is 7.29. The second kappa shape index (κ2) is 5.06. The molecule has 1 aromatic rings. The lowest BCUT2D eigenvalue weighted by atomic mass is 10.0. The Labute approximate surface area is 111 Å². The largest absolute Gasteiger partial charge is 0.418 e. The van der Waals surface area contributed by atoms with E-state index in [0.29, 0.717) is 0 Å². The summed E-state index contributed by atoms with van der Waals surface area (Å²) >= 11 is 11.1.